The van der Waals surface area contributed by atoms with E-state index in [2.05, 4.69) is 25.6 Å². The molecule has 19 heteroatoms. The smallest absolute Gasteiger partial charge is 0.330 e. The van der Waals surface area contributed by atoms with Gasteiger partial charge in [0.25, 0.3) is 0 Å². The SMILES string of the molecule is CC1O[C@H](O[C@@H](C)CCC(=O)O[C@H](C)[C@H](NC(=O)Nc2ncnc3c2ncn3[C@@H]2OC[C@@H](O)C(O)[C@@H]2O)C(=O)O)[C@H](O)C[C@@H]1O. The molecule has 0 bridgehead atoms. The van der Waals surface area contributed by atoms with E-state index in [1.54, 1.807) is 13.8 Å². The number of ether oxygens (including phenoxy) is 4. The van der Waals surface area contributed by atoms with E-state index in [1.165, 1.54) is 17.8 Å². The number of carbonyl (C=O) groups is 3. The normalized spacial score (nSPS) is 30.7. The van der Waals surface area contributed by atoms with Crippen molar-refractivity contribution in [1.82, 2.24) is 24.8 Å². The second-order valence-corrected chi connectivity index (χ2v) is 11.0. The number of fused-ring (bicyclic) bond motifs is 1. The maximum Gasteiger partial charge on any atom is 0.330 e. The summed E-state index contributed by atoms with van der Waals surface area (Å²) in [5, 5.41) is 64.2. The van der Waals surface area contributed by atoms with Crippen LogP contribution in [0.3, 0.4) is 0 Å². The van der Waals surface area contributed by atoms with Gasteiger partial charge in [0.1, 0.15) is 36.8 Å². The first-order chi connectivity index (χ1) is 21.3. The Labute approximate surface area is 256 Å². The molecule has 2 fully saturated rings. The molecule has 2 aromatic heterocycles. The third kappa shape index (κ3) is 8.19. The minimum Gasteiger partial charge on any atom is -0.480 e. The van der Waals surface area contributed by atoms with E-state index in [4.69, 9.17) is 18.9 Å². The molecule has 4 rings (SSSR count). The van der Waals surface area contributed by atoms with Gasteiger partial charge in [-0.1, -0.05) is 0 Å². The molecule has 0 aliphatic carbocycles. The van der Waals surface area contributed by atoms with Crippen LogP contribution in [0.25, 0.3) is 11.2 Å². The minimum atomic E-state index is -1.66. The molecule has 2 amide bonds. The van der Waals surface area contributed by atoms with Gasteiger partial charge in [-0.3, -0.25) is 14.7 Å². The summed E-state index contributed by atoms with van der Waals surface area (Å²) in [6, 6.07) is -2.67. The van der Waals surface area contributed by atoms with Crippen molar-refractivity contribution in [1.29, 1.82) is 0 Å². The number of urea groups is 1. The van der Waals surface area contributed by atoms with Crippen LogP contribution in [0.2, 0.25) is 0 Å². The number of esters is 1. The molecule has 4 heterocycles. The summed E-state index contributed by atoms with van der Waals surface area (Å²) in [7, 11) is 0. The van der Waals surface area contributed by atoms with Gasteiger partial charge in [-0.15, -0.1) is 0 Å². The Morgan fingerprint density at radius 1 is 1.07 bits per heavy atom. The summed E-state index contributed by atoms with van der Waals surface area (Å²) in [5.41, 5.74) is 0.142. The van der Waals surface area contributed by atoms with Gasteiger partial charge in [-0.25, -0.2) is 24.5 Å². The van der Waals surface area contributed by atoms with Gasteiger partial charge < -0.3 is 54.9 Å². The van der Waals surface area contributed by atoms with Gasteiger partial charge in [0.2, 0.25) is 0 Å². The number of aromatic nitrogens is 4. The predicted molar refractivity (Wildman–Crippen MR) is 148 cm³/mol. The molecule has 19 nitrogen and oxygen atoms in total. The van der Waals surface area contributed by atoms with Crippen molar-refractivity contribution in [2.24, 2.45) is 0 Å². The summed E-state index contributed by atoms with van der Waals surface area (Å²) in [5.74, 6) is -2.36. The van der Waals surface area contributed by atoms with E-state index >= 15 is 0 Å². The zero-order chi connectivity index (χ0) is 33.0. The fraction of sp³-hybridized carbons (Fsp3) is 0.692. The van der Waals surface area contributed by atoms with E-state index in [-0.39, 0.29) is 42.9 Å². The second-order valence-electron chi connectivity index (χ2n) is 11.0. The molecule has 45 heavy (non-hydrogen) atoms. The van der Waals surface area contributed by atoms with Crippen molar-refractivity contribution >= 4 is 35.0 Å². The van der Waals surface area contributed by atoms with Crippen molar-refractivity contribution in [3.63, 3.8) is 0 Å². The maximum atomic E-state index is 12.8. The lowest BCUT2D eigenvalue weighted by Crippen LogP contribution is -2.50. The number of amides is 2. The number of hydrogen-bond donors (Lipinski definition) is 8. The highest BCUT2D eigenvalue weighted by molar-refractivity contribution is 5.97. The zero-order valence-electron chi connectivity index (χ0n) is 24.7. The third-order valence-electron chi connectivity index (χ3n) is 7.49. The molecule has 0 radical (unpaired) electrons. The fourth-order valence-electron chi connectivity index (χ4n) is 4.85. The predicted octanol–water partition coefficient (Wildman–Crippen LogP) is -2.01. The first-order valence-electron chi connectivity index (χ1n) is 14.3. The van der Waals surface area contributed by atoms with Crippen LogP contribution in [-0.2, 0) is 28.5 Å². The van der Waals surface area contributed by atoms with E-state index in [0.717, 1.165) is 6.33 Å². The molecular weight excluding hydrogens is 604 g/mol. The average Bonchev–Trinajstić information content (AvgIpc) is 3.41. The number of aliphatic carboxylic acids is 1. The van der Waals surface area contributed by atoms with Crippen LogP contribution in [0.15, 0.2) is 12.7 Å². The van der Waals surface area contributed by atoms with Crippen LogP contribution in [0, 0.1) is 0 Å². The van der Waals surface area contributed by atoms with E-state index in [1.807, 2.05) is 0 Å². The highest BCUT2D eigenvalue weighted by atomic mass is 16.7. The fourth-order valence-corrected chi connectivity index (χ4v) is 4.85. The van der Waals surface area contributed by atoms with Crippen molar-refractivity contribution in [2.45, 2.75) is 107 Å². The van der Waals surface area contributed by atoms with Crippen LogP contribution >= 0.6 is 0 Å². The Morgan fingerprint density at radius 2 is 1.80 bits per heavy atom. The van der Waals surface area contributed by atoms with Crippen molar-refractivity contribution in [3.05, 3.63) is 12.7 Å². The minimum absolute atomic E-state index is 0.0449. The molecule has 2 saturated heterocycles. The summed E-state index contributed by atoms with van der Waals surface area (Å²) >= 11 is 0. The van der Waals surface area contributed by atoms with Gasteiger partial charge in [0.05, 0.1) is 31.2 Å². The van der Waals surface area contributed by atoms with Crippen molar-refractivity contribution in [2.75, 3.05) is 11.9 Å². The van der Waals surface area contributed by atoms with Gasteiger partial charge in [0, 0.05) is 12.8 Å². The molecule has 0 aromatic carbocycles. The lowest BCUT2D eigenvalue weighted by atomic mass is 10.0. The van der Waals surface area contributed by atoms with Crippen molar-refractivity contribution in [3.8, 4) is 0 Å². The lowest BCUT2D eigenvalue weighted by molar-refractivity contribution is -0.273. The topological polar surface area (TPSA) is 277 Å². The average molecular weight is 643 g/mol. The molecule has 2 unspecified atom stereocenters. The van der Waals surface area contributed by atoms with Gasteiger partial charge >= 0.3 is 18.0 Å². The molecule has 0 spiro atoms. The molecular formula is C26H38N6O13. The maximum absolute atomic E-state index is 12.8. The summed E-state index contributed by atoms with van der Waals surface area (Å²) in [4.78, 5) is 49.3. The van der Waals surface area contributed by atoms with Crippen LogP contribution in [0.1, 0.15) is 46.3 Å². The number of hydrogen-bond acceptors (Lipinski definition) is 15. The lowest BCUT2D eigenvalue weighted by Gasteiger charge is -2.36. The highest BCUT2D eigenvalue weighted by Gasteiger charge is 2.40. The quantitative estimate of drug-likeness (QED) is 0.123. The molecule has 2 aromatic rings. The number of nitrogens with one attached hydrogen (secondary N) is 2. The standard InChI is InChI=1S/C26H38N6O13/c1-10(43-25-14(34)6-13(33)11(2)45-25)4-5-16(36)44-12(3)17(24(39)40)30-26(41)31-21-18-22(28-8-27-21)32(9-29-18)23-20(38)19(37)15(35)7-42-23/h8-15,17,19-20,23,25,33-35,37-38H,4-7H2,1-3H3,(H,39,40)(H2,27,28,30,31,41)/t10-,11?,12+,13-,14+,15+,17-,19?,20-,23+,25-/m0/s1. The zero-order valence-corrected chi connectivity index (χ0v) is 24.7. The number of aliphatic hydroxyl groups excluding tert-OH is 5. The second kappa shape index (κ2) is 14.7. The molecule has 2 aliphatic rings. The monoisotopic (exact) mass is 642 g/mol. The number of nitrogens with zero attached hydrogens (tertiary/aromatic N) is 4. The number of aliphatic hydroxyl groups is 5. The van der Waals surface area contributed by atoms with Gasteiger partial charge in [-0.05, 0) is 27.2 Å². The summed E-state index contributed by atoms with van der Waals surface area (Å²) < 4.78 is 23.0. The van der Waals surface area contributed by atoms with Crippen LogP contribution in [0.5, 0.6) is 0 Å². The van der Waals surface area contributed by atoms with E-state index in [9.17, 15) is 45.0 Å². The Bertz CT molecular complexity index is 1350. The first kappa shape index (κ1) is 34.3. The Kier molecular flexibility index (Phi) is 11.2. The number of carbonyl (C=O) groups excluding carboxylic acids is 2. The van der Waals surface area contributed by atoms with Gasteiger partial charge in [-0.2, -0.15) is 0 Å². The third-order valence-corrected chi connectivity index (χ3v) is 7.49. The number of imidazole rings is 1. The summed E-state index contributed by atoms with van der Waals surface area (Å²) in [6.07, 6.45) is -8.32. The molecule has 11 atom stereocenters. The van der Waals surface area contributed by atoms with Crippen LogP contribution in [-0.4, -0.2) is 136 Å². The largest absolute Gasteiger partial charge is 0.480 e. The molecule has 250 valence electrons. The van der Waals surface area contributed by atoms with Crippen LogP contribution < -0.4 is 10.6 Å². The van der Waals surface area contributed by atoms with E-state index in [0.29, 0.717) is 0 Å². The number of anilines is 1. The van der Waals surface area contributed by atoms with E-state index < -0.39 is 85.4 Å². The number of rotatable bonds is 11. The number of carboxylic acids is 1. The highest BCUT2D eigenvalue weighted by Crippen LogP contribution is 2.28. The number of carboxylic acid groups (broad SMARTS) is 1. The Hall–Kier alpha value is -3.56. The summed E-state index contributed by atoms with van der Waals surface area (Å²) in [6.45, 7) is 4.32. The van der Waals surface area contributed by atoms with Gasteiger partial charge in [0.15, 0.2) is 35.5 Å². The molecule has 2 aliphatic heterocycles. The first-order valence-corrected chi connectivity index (χ1v) is 14.3. The van der Waals surface area contributed by atoms with Crippen molar-refractivity contribution < 1.29 is 64.0 Å². The Balaban J connectivity index is 1.31. The van der Waals surface area contributed by atoms with Crippen LogP contribution in [0.4, 0.5) is 10.6 Å². The molecule has 8 N–H and O–H groups in total. The Morgan fingerprint density at radius 3 is 2.51 bits per heavy atom. The molecule has 0 saturated carbocycles.